The molecule has 8 heteroatoms. The molecule has 0 spiro atoms. The molecule has 24 heavy (non-hydrogen) atoms. The zero-order valence-corrected chi connectivity index (χ0v) is 14.4. The lowest BCUT2D eigenvalue weighted by molar-refractivity contribution is -0.0320. The van der Waals surface area contributed by atoms with Crippen LogP contribution in [0.2, 0.25) is 5.02 Å². The van der Waals surface area contributed by atoms with E-state index in [2.05, 4.69) is 15.3 Å². The van der Waals surface area contributed by atoms with Gasteiger partial charge in [-0.15, -0.1) is 5.10 Å². The Morgan fingerprint density at radius 2 is 2.25 bits per heavy atom. The highest BCUT2D eigenvalue weighted by molar-refractivity contribution is 6.33. The molecule has 128 valence electrons. The minimum absolute atomic E-state index is 0.159. The molecule has 2 aromatic rings. The molecule has 1 aliphatic heterocycles. The number of halogens is 1. The lowest BCUT2D eigenvalue weighted by Crippen LogP contribution is -2.48. The van der Waals surface area contributed by atoms with Gasteiger partial charge >= 0.3 is 0 Å². The number of likely N-dealkylation sites (tertiary alicyclic amines) is 1. The summed E-state index contributed by atoms with van der Waals surface area (Å²) in [5, 5.41) is 19.5. The van der Waals surface area contributed by atoms with Crippen molar-refractivity contribution in [1.82, 2.24) is 24.9 Å². The summed E-state index contributed by atoms with van der Waals surface area (Å²) < 4.78 is 1.70. The van der Waals surface area contributed by atoms with Gasteiger partial charge in [0.1, 0.15) is 11.3 Å². The van der Waals surface area contributed by atoms with E-state index < -0.39 is 5.60 Å². The summed E-state index contributed by atoms with van der Waals surface area (Å²) in [7, 11) is 0. The van der Waals surface area contributed by atoms with Crippen LogP contribution in [0.5, 0.6) is 0 Å². The van der Waals surface area contributed by atoms with E-state index in [0.717, 1.165) is 0 Å². The minimum atomic E-state index is -1.19. The first-order valence-corrected chi connectivity index (χ1v) is 8.32. The maximum Gasteiger partial charge on any atom is 0.255 e. The van der Waals surface area contributed by atoms with Gasteiger partial charge in [-0.3, -0.25) is 9.78 Å². The van der Waals surface area contributed by atoms with Gasteiger partial charge in [0, 0.05) is 25.0 Å². The Labute approximate surface area is 145 Å². The van der Waals surface area contributed by atoms with E-state index in [1.165, 1.54) is 12.4 Å². The first-order valence-electron chi connectivity index (χ1n) is 7.94. The van der Waals surface area contributed by atoms with Crippen LogP contribution in [0.4, 0.5) is 0 Å². The number of hydrogen-bond acceptors (Lipinski definition) is 5. The van der Waals surface area contributed by atoms with Gasteiger partial charge in [0.2, 0.25) is 0 Å². The van der Waals surface area contributed by atoms with Crippen LogP contribution in [0.15, 0.2) is 24.7 Å². The SMILES string of the molecule is CC(C)n1cc([C@@]2(O)CCCN(C(=O)c3ccncc3Cl)C2)nn1. The molecule has 3 rings (SSSR count). The molecule has 1 saturated heterocycles. The molecule has 0 aliphatic carbocycles. The summed E-state index contributed by atoms with van der Waals surface area (Å²) in [5.41, 5.74) is -0.308. The molecule has 1 atom stereocenters. The maximum atomic E-state index is 12.7. The van der Waals surface area contributed by atoms with Crippen molar-refractivity contribution in [1.29, 1.82) is 0 Å². The summed E-state index contributed by atoms with van der Waals surface area (Å²) in [4.78, 5) is 18.2. The van der Waals surface area contributed by atoms with Gasteiger partial charge in [-0.25, -0.2) is 4.68 Å². The molecular weight excluding hydrogens is 330 g/mol. The minimum Gasteiger partial charge on any atom is -0.382 e. The predicted molar refractivity (Wildman–Crippen MR) is 88.7 cm³/mol. The van der Waals surface area contributed by atoms with Gasteiger partial charge in [-0.2, -0.15) is 0 Å². The molecule has 0 aromatic carbocycles. The number of carbonyl (C=O) groups is 1. The number of rotatable bonds is 3. The van der Waals surface area contributed by atoms with Crippen molar-refractivity contribution in [3.8, 4) is 0 Å². The van der Waals surface area contributed by atoms with Crippen LogP contribution in [-0.4, -0.2) is 49.0 Å². The highest BCUT2D eigenvalue weighted by Gasteiger charge is 2.39. The van der Waals surface area contributed by atoms with Crippen molar-refractivity contribution >= 4 is 17.5 Å². The van der Waals surface area contributed by atoms with Crippen molar-refractivity contribution in [3.05, 3.63) is 40.9 Å². The summed E-state index contributed by atoms with van der Waals surface area (Å²) in [6.45, 7) is 4.72. The number of pyridine rings is 1. The Balaban J connectivity index is 1.83. The number of β-amino-alcohol motifs (C(OH)–C–C–N with tert-alkyl or cyclic N) is 1. The van der Waals surface area contributed by atoms with Crippen LogP contribution < -0.4 is 0 Å². The second kappa shape index (κ2) is 6.49. The molecule has 3 heterocycles. The molecule has 0 unspecified atom stereocenters. The standard InChI is InChI=1S/C16H20ClN5O2/c1-11(2)22-9-14(19-20-22)16(24)5-3-7-21(10-16)15(23)12-4-6-18-8-13(12)17/h4,6,8-9,11,24H,3,5,7,10H2,1-2H3/t16-/m1/s1. The fourth-order valence-electron chi connectivity index (χ4n) is 2.88. The Bertz CT molecular complexity index is 748. The normalized spacial score (nSPS) is 21.3. The maximum absolute atomic E-state index is 12.7. The quantitative estimate of drug-likeness (QED) is 0.916. The number of amides is 1. The van der Waals surface area contributed by atoms with E-state index in [-0.39, 0.29) is 18.5 Å². The third-order valence-electron chi connectivity index (χ3n) is 4.28. The van der Waals surface area contributed by atoms with Gasteiger partial charge in [0.25, 0.3) is 5.91 Å². The highest BCUT2D eigenvalue weighted by atomic mass is 35.5. The Hall–Kier alpha value is -1.99. The fraction of sp³-hybridized carbons (Fsp3) is 0.500. The van der Waals surface area contributed by atoms with Crippen molar-refractivity contribution in [3.63, 3.8) is 0 Å². The second-order valence-corrected chi connectivity index (χ2v) is 6.80. The monoisotopic (exact) mass is 349 g/mol. The van der Waals surface area contributed by atoms with Crippen molar-refractivity contribution in [2.75, 3.05) is 13.1 Å². The molecule has 2 aromatic heterocycles. The summed E-state index contributed by atoms with van der Waals surface area (Å²) in [6, 6.07) is 1.75. The van der Waals surface area contributed by atoms with E-state index in [1.807, 2.05) is 13.8 Å². The molecule has 1 fully saturated rings. The third kappa shape index (κ3) is 3.14. The van der Waals surface area contributed by atoms with E-state index in [1.54, 1.807) is 21.8 Å². The molecular formula is C16H20ClN5O2. The van der Waals surface area contributed by atoms with Crippen molar-refractivity contribution in [2.45, 2.75) is 38.3 Å². The molecule has 0 radical (unpaired) electrons. The van der Waals surface area contributed by atoms with Crippen LogP contribution in [0, 0.1) is 0 Å². The first kappa shape index (κ1) is 16.9. The zero-order valence-electron chi connectivity index (χ0n) is 13.7. The zero-order chi connectivity index (χ0) is 17.3. The Kier molecular flexibility index (Phi) is 4.56. The average Bonchev–Trinajstić information content (AvgIpc) is 3.06. The lowest BCUT2D eigenvalue weighted by atomic mass is 9.89. The van der Waals surface area contributed by atoms with Gasteiger partial charge in [0.05, 0.1) is 23.3 Å². The van der Waals surface area contributed by atoms with E-state index >= 15 is 0 Å². The summed E-state index contributed by atoms with van der Waals surface area (Å²) in [6.07, 6.45) is 5.94. The molecule has 1 aliphatic rings. The van der Waals surface area contributed by atoms with Crippen LogP contribution in [0.1, 0.15) is 48.8 Å². The first-order chi connectivity index (χ1) is 11.4. The molecule has 1 amide bonds. The largest absolute Gasteiger partial charge is 0.382 e. The third-order valence-corrected chi connectivity index (χ3v) is 4.58. The van der Waals surface area contributed by atoms with Crippen LogP contribution >= 0.6 is 11.6 Å². The van der Waals surface area contributed by atoms with Crippen molar-refractivity contribution < 1.29 is 9.90 Å². The van der Waals surface area contributed by atoms with Gasteiger partial charge in [-0.1, -0.05) is 16.8 Å². The predicted octanol–water partition coefficient (Wildman–Crippen LogP) is 2.03. The lowest BCUT2D eigenvalue weighted by Gasteiger charge is -2.38. The second-order valence-electron chi connectivity index (χ2n) is 6.39. The van der Waals surface area contributed by atoms with E-state index in [4.69, 9.17) is 11.6 Å². The number of aromatic nitrogens is 4. The smallest absolute Gasteiger partial charge is 0.255 e. The Morgan fingerprint density at radius 1 is 1.46 bits per heavy atom. The topological polar surface area (TPSA) is 84.1 Å². The van der Waals surface area contributed by atoms with Crippen molar-refractivity contribution in [2.24, 2.45) is 0 Å². The summed E-state index contributed by atoms with van der Waals surface area (Å²) in [5.74, 6) is -0.211. The van der Waals surface area contributed by atoms with Crippen LogP contribution in [0.25, 0.3) is 0 Å². The fourth-order valence-corrected chi connectivity index (χ4v) is 3.08. The number of nitrogens with zero attached hydrogens (tertiary/aromatic N) is 5. The highest BCUT2D eigenvalue weighted by Crippen LogP contribution is 2.31. The Morgan fingerprint density at radius 3 is 2.92 bits per heavy atom. The average molecular weight is 350 g/mol. The number of aliphatic hydroxyl groups is 1. The van der Waals surface area contributed by atoms with Crippen LogP contribution in [-0.2, 0) is 5.60 Å². The van der Waals surface area contributed by atoms with Crippen LogP contribution in [0.3, 0.4) is 0 Å². The van der Waals surface area contributed by atoms with Gasteiger partial charge < -0.3 is 10.0 Å². The van der Waals surface area contributed by atoms with Gasteiger partial charge in [-0.05, 0) is 32.8 Å². The van der Waals surface area contributed by atoms with E-state index in [9.17, 15) is 9.90 Å². The number of carbonyl (C=O) groups excluding carboxylic acids is 1. The molecule has 0 bridgehead atoms. The summed E-state index contributed by atoms with van der Waals surface area (Å²) >= 11 is 6.07. The number of piperidine rings is 1. The number of hydrogen-bond donors (Lipinski definition) is 1. The molecule has 1 N–H and O–H groups in total. The molecule has 0 saturated carbocycles. The van der Waals surface area contributed by atoms with Gasteiger partial charge in [0.15, 0.2) is 0 Å². The van der Waals surface area contributed by atoms with E-state index in [0.29, 0.717) is 35.7 Å². The molecule has 7 nitrogen and oxygen atoms in total.